The van der Waals surface area contributed by atoms with Crippen LogP contribution in [0.4, 0.5) is 0 Å². The number of nitrogens with two attached hydrogens (primary N) is 1. The standard InChI is InChI=1S/C6H10N4O.ClH/c7-1-5-2-10(9-8-5)6-3-11-4-6;/h2,6H,1,3-4,7H2;1H. The van der Waals surface area contributed by atoms with Gasteiger partial charge < -0.3 is 10.5 Å². The third kappa shape index (κ3) is 1.57. The lowest BCUT2D eigenvalue weighted by atomic mass is 10.3. The second-order valence-corrected chi connectivity index (χ2v) is 2.59. The zero-order valence-corrected chi connectivity index (χ0v) is 7.33. The maximum absolute atomic E-state index is 5.38. The molecule has 0 aliphatic carbocycles. The Balaban J connectivity index is 0.000000720. The van der Waals surface area contributed by atoms with Crippen LogP contribution in [0.3, 0.4) is 0 Å². The topological polar surface area (TPSA) is 66.0 Å². The summed E-state index contributed by atoms with van der Waals surface area (Å²) in [5, 5.41) is 7.79. The zero-order valence-electron chi connectivity index (χ0n) is 6.51. The first-order valence-electron chi connectivity index (χ1n) is 3.58. The molecule has 1 aromatic heterocycles. The minimum Gasteiger partial charge on any atom is -0.377 e. The molecule has 2 heterocycles. The minimum atomic E-state index is 0. The Morgan fingerprint density at radius 3 is 2.83 bits per heavy atom. The van der Waals surface area contributed by atoms with E-state index in [0.717, 1.165) is 18.9 Å². The van der Waals surface area contributed by atoms with E-state index in [9.17, 15) is 0 Å². The fraction of sp³-hybridized carbons (Fsp3) is 0.667. The van der Waals surface area contributed by atoms with Crippen molar-refractivity contribution < 1.29 is 4.74 Å². The highest BCUT2D eigenvalue weighted by atomic mass is 35.5. The highest BCUT2D eigenvalue weighted by molar-refractivity contribution is 5.85. The molecule has 1 saturated heterocycles. The van der Waals surface area contributed by atoms with Crippen LogP contribution in [0.25, 0.3) is 0 Å². The summed E-state index contributed by atoms with van der Waals surface area (Å²) in [6.45, 7) is 1.94. The van der Waals surface area contributed by atoms with Crippen molar-refractivity contribution in [3.05, 3.63) is 11.9 Å². The number of hydrogen-bond acceptors (Lipinski definition) is 4. The number of halogens is 1. The highest BCUT2D eigenvalue weighted by Gasteiger charge is 2.21. The smallest absolute Gasteiger partial charge is 0.100 e. The Hall–Kier alpha value is -0.650. The van der Waals surface area contributed by atoms with Crippen molar-refractivity contribution in [1.82, 2.24) is 15.0 Å². The first-order chi connectivity index (χ1) is 5.40. The molecule has 0 amide bonds. The molecule has 0 radical (unpaired) electrons. The van der Waals surface area contributed by atoms with E-state index in [2.05, 4.69) is 10.3 Å². The van der Waals surface area contributed by atoms with Crippen molar-refractivity contribution in [2.24, 2.45) is 5.73 Å². The first-order valence-corrected chi connectivity index (χ1v) is 3.58. The molecule has 2 rings (SSSR count). The van der Waals surface area contributed by atoms with Crippen molar-refractivity contribution in [3.8, 4) is 0 Å². The summed E-state index contributed by atoms with van der Waals surface area (Å²) in [6, 6.07) is 0.378. The van der Waals surface area contributed by atoms with Gasteiger partial charge in [-0.15, -0.1) is 17.5 Å². The quantitative estimate of drug-likeness (QED) is 0.697. The van der Waals surface area contributed by atoms with Crippen LogP contribution in [0.2, 0.25) is 0 Å². The van der Waals surface area contributed by atoms with E-state index in [1.807, 2.05) is 10.9 Å². The van der Waals surface area contributed by atoms with Crippen LogP contribution in [0.15, 0.2) is 6.20 Å². The molecule has 0 saturated carbocycles. The first kappa shape index (κ1) is 9.44. The summed E-state index contributed by atoms with van der Waals surface area (Å²) in [5.74, 6) is 0. The van der Waals surface area contributed by atoms with Gasteiger partial charge in [0, 0.05) is 6.54 Å². The molecule has 1 aliphatic rings. The van der Waals surface area contributed by atoms with E-state index in [4.69, 9.17) is 10.5 Å². The summed E-state index contributed by atoms with van der Waals surface area (Å²) in [7, 11) is 0. The van der Waals surface area contributed by atoms with Crippen LogP contribution in [-0.4, -0.2) is 28.2 Å². The fourth-order valence-corrected chi connectivity index (χ4v) is 0.961. The zero-order chi connectivity index (χ0) is 7.68. The summed E-state index contributed by atoms with van der Waals surface area (Å²) in [4.78, 5) is 0. The van der Waals surface area contributed by atoms with Gasteiger partial charge >= 0.3 is 0 Å². The van der Waals surface area contributed by atoms with Crippen LogP contribution in [0.1, 0.15) is 11.7 Å². The molecule has 0 bridgehead atoms. The van der Waals surface area contributed by atoms with E-state index in [1.54, 1.807) is 0 Å². The highest BCUT2D eigenvalue weighted by Crippen LogP contribution is 2.14. The monoisotopic (exact) mass is 190 g/mol. The summed E-state index contributed by atoms with van der Waals surface area (Å²) < 4.78 is 6.82. The van der Waals surface area contributed by atoms with E-state index in [1.165, 1.54) is 0 Å². The molecule has 6 heteroatoms. The van der Waals surface area contributed by atoms with Gasteiger partial charge in [0.15, 0.2) is 0 Å². The van der Waals surface area contributed by atoms with Gasteiger partial charge in [-0.1, -0.05) is 5.21 Å². The molecular weight excluding hydrogens is 180 g/mol. The van der Waals surface area contributed by atoms with Gasteiger partial charge in [0.25, 0.3) is 0 Å². The molecule has 0 aromatic carbocycles. The van der Waals surface area contributed by atoms with Gasteiger partial charge in [-0.25, -0.2) is 4.68 Å². The number of ether oxygens (including phenoxy) is 1. The van der Waals surface area contributed by atoms with Crippen molar-refractivity contribution >= 4 is 12.4 Å². The lowest BCUT2D eigenvalue weighted by Crippen LogP contribution is -2.30. The van der Waals surface area contributed by atoms with Crippen molar-refractivity contribution in [3.63, 3.8) is 0 Å². The summed E-state index contributed by atoms with van der Waals surface area (Å²) >= 11 is 0. The Morgan fingerprint density at radius 1 is 1.67 bits per heavy atom. The molecule has 1 aromatic rings. The molecule has 2 N–H and O–H groups in total. The molecule has 5 nitrogen and oxygen atoms in total. The average Bonchev–Trinajstić information content (AvgIpc) is 2.32. The van der Waals surface area contributed by atoms with E-state index < -0.39 is 0 Å². The Kier molecular flexibility index (Phi) is 3.02. The van der Waals surface area contributed by atoms with Gasteiger partial charge in [-0.3, -0.25) is 0 Å². The molecule has 1 fully saturated rings. The van der Waals surface area contributed by atoms with Crippen LogP contribution in [0, 0.1) is 0 Å². The van der Waals surface area contributed by atoms with Crippen molar-refractivity contribution in [2.75, 3.05) is 13.2 Å². The predicted molar refractivity (Wildman–Crippen MR) is 45.0 cm³/mol. The van der Waals surface area contributed by atoms with E-state index in [-0.39, 0.29) is 12.4 Å². The number of rotatable bonds is 2. The summed E-state index contributed by atoms with van der Waals surface area (Å²) in [5.41, 5.74) is 6.21. The SMILES string of the molecule is Cl.NCc1cn(C2COC2)nn1. The molecule has 68 valence electrons. The average molecular weight is 191 g/mol. The van der Waals surface area contributed by atoms with Crippen molar-refractivity contribution in [2.45, 2.75) is 12.6 Å². The second-order valence-electron chi connectivity index (χ2n) is 2.59. The maximum Gasteiger partial charge on any atom is 0.100 e. The van der Waals surface area contributed by atoms with Gasteiger partial charge in [0.05, 0.1) is 25.1 Å². The van der Waals surface area contributed by atoms with Gasteiger partial charge in [-0.05, 0) is 0 Å². The normalized spacial score (nSPS) is 16.8. The van der Waals surface area contributed by atoms with Crippen LogP contribution >= 0.6 is 12.4 Å². The van der Waals surface area contributed by atoms with Crippen molar-refractivity contribution in [1.29, 1.82) is 0 Å². The molecule has 12 heavy (non-hydrogen) atoms. The Morgan fingerprint density at radius 2 is 2.42 bits per heavy atom. The Labute approximate surface area is 76.3 Å². The van der Waals surface area contributed by atoms with Gasteiger partial charge in [0.1, 0.15) is 6.04 Å². The lowest BCUT2D eigenvalue weighted by molar-refractivity contribution is -0.0293. The molecule has 1 aliphatic heterocycles. The maximum atomic E-state index is 5.38. The fourth-order valence-electron chi connectivity index (χ4n) is 0.961. The van der Waals surface area contributed by atoms with Crippen LogP contribution in [-0.2, 0) is 11.3 Å². The van der Waals surface area contributed by atoms with Crippen LogP contribution < -0.4 is 5.73 Å². The third-order valence-corrected chi connectivity index (χ3v) is 1.76. The number of aromatic nitrogens is 3. The summed E-state index contributed by atoms with van der Waals surface area (Å²) in [6.07, 6.45) is 1.87. The molecular formula is C6H11ClN4O. The number of nitrogens with zero attached hydrogens (tertiary/aromatic N) is 3. The van der Waals surface area contributed by atoms with Gasteiger partial charge in [-0.2, -0.15) is 0 Å². The van der Waals surface area contributed by atoms with Gasteiger partial charge in [0.2, 0.25) is 0 Å². The lowest BCUT2D eigenvalue weighted by Gasteiger charge is -2.25. The minimum absolute atomic E-state index is 0. The predicted octanol–water partition coefficient (Wildman–Crippen LogP) is -0.270. The molecule has 0 unspecified atom stereocenters. The second kappa shape index (κ2) is 3.84. The van der Waals surface area contributed by atoms with Crippen LogP contribution in [0.5, 0.6) is 0 Å². The Bertz CT molecular complexity index is 247. The third-order valence-electron chi connectivity index (χ3n) is 1.76. The molecule has 0 spiro atoms. The largest absolute Gasteiger partial charge is 0.377 e. The molecule has 0 atom stereocenters. The van der Waals surface area contributed by atoms with E-state index in [0.29, 0.717) is 12.6 Å². The van der Waals surface area contributed by atoms with E-state index >= 15 is 0 Å². The number of hydrogen-bond donors (Lipinski definition) is 1.